The second-order valence-corrected chi connectivity index (χ2v) is 3.67. The molecule has 1 aromatic heterocycles. The van der Waals surface area contributed by atoms with E-state index in [1.54, 1.807) is 0 Å². The van der Waals surface area contributed by atoms with Crippen LogP contribution in [0.2, 0.25) is 0 Å². The maximum atomic E-state index is 4.46. The highest BCUT2D eigenvalue weighted by atomic mass is 15.3. The van der Waals surface area contributed by atoms with Crippen molar-refractivity contribution in [3.63, 3.8) is 0 Å². The average Bonchev–Trinajstić information content (AvgIpc) is 2.45. The molecule has 4 nitrogen and oxygen atoms in total. The Morgan fingerprint density at radius 1 is 1.57 bits per heavy atom. The van der Waals surface area contributed by atoms with Gasteiger partial charge in [-0.15, -0.1) is 0 Å². The van der Waals surface area contributed by atoms with Crippen LogP contribution in [0.1, 0.15) is 12.1 Å². The fraction of sp³-hybridized carbons (Fsp3) is 0.700. The molecule has 0 saturated carbocycles. The SMILES string of the molecule is CNCCCN(C)c1nc(C)cn1C. The lowest BCUT2D eigenvalue weighted by molar-refractivity contribution is 0.695. The van der Waals surface area contributed by atoms with Crippen LogP contribution < -0.4 is 10.2 Å². The Morgan fingerprint density at radius 3 is 2.79 bits per heavy atom. The van der Waals surface area contributed by atoms with Gasteiger partial charge in [0.15, 0.2) is 0 Å². The van der Waals surface area contributed by atoms with Crippen LogP contribution in [-0.4, -0.2) is 36.7 Å². The lowest BCUT2D eigenvalue weighted by Crippen LogP contribution is -2.24. The third kappa shape index (κ3) is 2.73. The van der Waals surface area contributed by atoms with Gasteiger partial charge >= 0.3 is 0 Å². The van der Waals surface area contributed by atoms with Crippen LogP contribution in [0.4, 0.5) is 5.95 Å². The summed E-state index contributed by atoms with van der Waals surface area (Å²) >= 11 is 0. The predicted molar refractivity (Wildman–Crippen MR) is 59.8 cm³/mol. The van der Waals surface area contributed by atoms with E-state index in [2.05, 4.69) is 26.8 Å². The first-order valence-electron chi connectivity index (χ1n) is 5.01. The molecule has 0 radical (unpaired) electrons. The Kier molecular flexibility index (Phi) is 3.95. The normalized spacial score (nSPS) is 10.6. The van der Waals surface area contributed by atoms with Gasteiger partial charge in [0, 0.05) is 26.8 Å². The topological polar surface area (TPSA) is 33.1 Å². The van der Waals surface area contributed by atoms with Crippen LogP contribution in [-0.2, 0) is 7.05 Å². The Bertz CT molecular complexity index is 280. The highest BCUT2D eigenvalue weighted by Crippen LogP contribution is 2.10. The Labute approximate surface area is 85.9 Å². The molecule has 0 saturated heterocycles. The molecule has 0 spiro atoms. The van der Waals surface area contributed by atoms with E-state index in [0.29, 0.717) is 0 Å². The van der Waals surface area contributed by atoms with Gasteiger partial charge < -0.3 is 14.8 Å². The highest BCUT2D eigenvalue weighted by molar-refractivity contribution is 5.31. The summed E-state index contributed by atoms with van der Waals surface area (Å²) in [7, 11) is 6.09. The van der Waals surface area contributed by atoms with Crippen LogP contribution in [0.15, 0.2) is 6.20 Å². The number of imidazole rings is 1. The van der Waals surface area contributed by atoms with Gasteiger partial charge in [0.2, 0.25) is 5.95 Å². The van der Waals surface area contributed by atoms with Crippen LogP contribution in [0.3, 0.4) is 0 Å². The fourth-order valence-corrected chi connectivity index (χ4v) is 1.55. The minimum Gasteiger partial charge on any atom is -0.345 e. The predicted octanol–water partition coefficient (Wildman–Crippen LogP) is 0.774. The van der Waals surface area contributed by atoms with Crippen molar-refractivity contribution < 1.29 is 0 Å². The van der Waals surface area contributed by atoms with Crippen molar-refractivity contribution >= 4 is 5.95 Å². The van der Waals surface area contributed by atoms with Gasteiger partial charge in [-0.3, -0.25) is 0 Å². The molecule has 1 rings (SSSR count). The zero-order valence-electron chi connectivity index (χ0n) is 9.54. The first-order chi connectivity index (χ1) is 6.65. The van der Waals surface area contributed by atoms with Crippen molar-refractivity contribution in [2.24, 2.45) is 7.05 Å². The van der Waals surface area contributed by atoms with Gasteiger partial charge in [-0.1, -0.05) is 0 Å². The largest absolute Gasteiger partial charge is 0.345 e. The lowest BCUT2D eigenvalue weighted by atomic mass is 10.4. The van der Waals surface area contributed by atoms with E-state index in [1.807, 2.05) is 27.2 Å². The summed E-state index contributed by atoms with van der Waals surface area (Å²) < 4.78 is 2.06. The third-order valence-corrected chi connectivity index (χ3v) is 2.23. The molecule has 0 atom stereocenters. The quantitative estimate of drug-likeness (QED) is 0.706. The molecular weight excluding hydrogens is 176 g/mol. The zero-order valence-corrected chi connectivity index (χ0v) is 9.54. The van der Waals surface area contributed by atoms with E-state index < -0.39 is 0 Å². The summed E-state index contributed by atoms with van der Waals surface area (Å²) in [4.78, 5) is 6.64. The molecule has 0 aliphatic rings. The lowest BCUT2D eigenvalue weighted by Gasteiger charge is -2.17. The Hall–Kier alpha value is -1.03. The van der Waals surface area contributed by atoms with E-state index in [4.69, 9.17) is 0 Å². The van der Waals surface area contributed by atoms with E-state index in [9.17, 15) is 0 Å². The first kappa shape index (κ1) is 11.0. The van der Waals surface area contributed by atoms with Crippen LogP contribution in [0.25, 0.3) is 0 Å². The second kappa shape index (κ2) is 5.00. The number of hydrogen-bond acceptors (Lipinski definition) is 3. The molecule has 0 aromatic carbocycles. The summed E-state index contributed by atoms with van der Waals surface area (Å²) in [6.07, 6.45) is 3.18. The van der Waals surface area contributed by atoms with Crippen LogP contribution >= 0.6 is 0 Å². The van der Waals surface area contributed by atoms with Gasteiger partial charge in [0.05, 0.1) is 5.69 Å². The summed E-state index contributed by atoms with van der Waals surface area (Å²) in [5.41, 5.74) is 1.07. The maximum absolute atomic E-state index is 4.46. The molecule has 0 amide bonds. The minimum absolute atomic E-state index is 1.03. The number of nitrogens with one attached hydrogen (secondary N) is 1. The average molecular weight is 196 g/mol. The number of aryl methyl sites for hydroxylation is 2. The molecule has 14 heavy (non-hydrogen) atoms. The van der Waals surface area contributed by atoms with Crippen molar-refractivity contribution in [3.8, 4) is 0 Å². The smallest absolute Gasteiger partial charge is 0.205 e. The Morgan fingerprint density at radius 2 is 2.29 bits per heavy atom. The van der Waals surface area contributed by atoms with Crippen molar-refractivity contribution in [1.29, 1.82) is 0 Å². The molecule has 0 aliphatic heterocycles. The summed E-state index contributed by atoms with van der Waals surface area (Å²) in [6.45, 7) is 4.10. The second-order valence-electron chi connectivity index (χ2n) is 3.67. The number of rotatable bonds is 5. The van der Waals surface area contributed by atoms with Crippen molar-refractivity contribution in [1.82, 2.24) is 14.9 Å². The minimum atomic E-state index is 1.03. The molecule has 1 N–H and O–H groups in total. The van der Waals surface area contributed by atoms with Crippen molar-refractivity contribution in [3.05, 3.63) is 11.9 Å². The van der Waals surface area contributed by atoms with E-state index >= 15 is 0 Å². The third-order valence-electron chi connectivity index (χ3n) is 2.23. The van der Waals surface area contributed by atoms with Gasteiger partial charge in [-0.05, 0) is 26.9 Å². The van der Waals surface area contributed by atoms with Crippen molar-refractivity contribution in [2.45, 2.75) is 13.3 Å². The van der Waals surface area contributed by atoms with E-state index in [0.717, 1.165) is 31.2 Å². The van der Waals surface area contributed by atoms with Gasteiger partial charge in [0.1, 0.15) is 0 Å². The number of aromatic nitrogens is 2. The first-order valence-corrected chi connectivity index (χ1v) is 5.01. The zero-order chi connectivity index (χ0) is 10.6. The highest BCUT2D eigenvalue weighted by Gasteiger charge is 2.06. The van der Waals surface area contributed by atoms with E-state index in [1.165, 1.54) is 0 Å². The summed E-state index contributed by atoms with van der Waals surface area (Å²) in [6, 6.07) is 0. The number of hydrogen-bond donors (Lipinski definition) is 1. The van der Waals surface area contributed by atoms with E-state index in [-0.39, 0.29) is 0 Å². The maximum Gasteiger partial charge on any atom is 0.205 e. The van der Waals surface area contributed by atoms with Crippen LogP contribution in [0.5, 0.6) is 0 Å². The molecule has 1 aromatic rings. The van der Waals surface area contributed by atoms with Crippen LogP contribution in [0, 0.1) is 6.92 Å². The number of nitrogens with zero attached hydrogens (tertiary/aromatic N) is 3. The molecule has 0 aliphatic carbocycles. The van der Waals surface area contributed by atoms with Crippen molar-refractivity contribution in [2.75, 3.05) is 32.1 Å². The summed E-state index contributed by atoms with van der Waals surface area (Å²) in [5, 5.41) is 3.14. The Balaban J connectivity index is 2.51. The molecule has 0 unspecified atom stereocenters. The van der Waals surface area contributed by atoms with Gasteiger partial charge in [-0.25, -0.2) is 4.98 Å². The molecule has 4 heteroatoms. The molecule has 0 fully saturated rings. The standard InChI is InChI=1S/C10H20N4/c1-9-8-14(4)10(12-9)13(3)7-5-6-11-2/h8,11H,5-7H2,1-4H3. The molecular formula is C10H20N4. The van der Waals surface area contributed by atoms with Gasteiger partial charge in [-0.2, -0.15) is 0 Å². The number of anilines is 1. The molecule has 0 bridgehead atoms. The van der Waals surface area contributed by atoms with Gasteiger partial charge in [0.25, 0.3) is 0 Å². The molecule has 80 valence electrons. The monoisotopic (exact) mass is 196 g/mol. The fourth-order valence-electron chi connectivity index (χ4n) is 1.55. The molecule has 1 heterocycles. The summed E-state index contributed by atoms with van der Waals surface area (Å²) in [5.74, 6) is 1.04.